The van der Waals surface area contributed by atoms with E-state index in [9.17, 15) is 14.7 Å². The van der Waals surface area contributed by atoms with Crippen molar-refractivity contribution < 1.29 is 19.4 Å². The zero-order valence-electron chi connectivity index (χ0n) is 12.0. The van der Waals surface area contributed by atoms with E-state index in [4.69, 9.17) is 4.74 Å². The molecule has 1 amide bonds. The minimum absolute atomic E-state index is 0.0196. The molecule has 3 aliphatic rings. The highest BCUT2D eigenvalue weighted by atomic mass is 16.5. The van der Waals surface area contributed by atoms with Crippen LogP contribution in [-0.4, -0.2) is 47.7 Å². The number of carboxylic acids is 1. The summed E-state index contributed by atoms with van der Waals surface area (Å²) in [6, 6.07) is 0. The molecule has 1 aliphatic carbocycles. The minimum Gasteiger partial charge on any atom is -0.481 e. The van der Waals surface area contributed by atoms with Gasteiger partial charge in [-0.3, -0.25) is 9.59 Å². The van der Waals surface area contributed by atoms with Crippen LogP contribution in [0, 0.1) is 23.7 Å². The van der Waals surface area contributed by atoms with Crippen molar-refractivity contribution in [2.45, 2.75) is 38.7 Å². The number of hydrogen-bond acceptors (Lipinski definition) is 3. The molecule has 0 aromatic heterocycles. The van der Waals surface area contributed by atoms with Crippen molar-refractivity contribution in [2.24, 2.45) is 23.7 Å². The van der Waals surface area contributed by atoms with Crippen molar-refractivity contribution in [1.82, 2.24) is 4.90 Å². The van der Waals surface area contributed by atoms with Gasteiger partial charge >= 0.3 is 5.97 Å². The number of nitrogens with zero attached hydrogens (tertiary/aromatic N) is 1. The molecule has 2 saturated heterocycles. The van der Waals surface area contributed by atoms with E-state index >= 15 is 0 Å². The Hall–Kier alpha value is -1.10. The molecule has 20 heavy (non-hydrogen) atoms. The summed E-state index contributed by atoms with van der Waals surface area (Å²) in [5, 5.41) is 9.35. The molecule has 0 aromatic carbocycles. The van der Waals surface area contributed by atoms with Gasteiger partial charge < -0.3 is 14.7 Å². The van der Waals surface area contributed by atoms with Gasteiger partial charge in [0.05, 0.1) is 12.0 Å². The molecule has 0 radical (unpaired) electrons. The number of rotatable bonds is 3. The quantitative estimate of drug-likeness (QED) is 0.848. The summed E-state index contributed by atoms with van der Waals surface area (Å²) in [5.74, 6) is -0.224. The average Bonchev–Trinajstić information content (AvgIpc) is 3.16. The number of amides is 1. The number of aliphatic carboxylic acids is 1. The van der Waals surface area contributed by atoms with E-state index in [0.717, 1.165) is 25.7 Å². The molecule has 0 bridgehead atoms. The molecule has 5 nitrogen and oxygen atoms in total. The number of hydrogen-bond donors (Lipinski definition) is 1. The Labute approximate surface area is 119 Å². The normalized spacial score (nSPS) is 38.0. The van der Waals surface area contributed by atoms with Gasteiger partial charge in [0.25, 0.3) is 0 Å². The number of carbonyl (C=O) groups excluding carboxylic acids is 1. The zero-order chi connectivity index (χ0) is 14.3. The maximum atomic E-state index is 12.6. The van der Waals surface area contributed by atoms with Gasteiger partial charge in [0.1, 0.15) is 0 Å². The summed E-state index contributed by atoms with van der Waals surface area (Å²) >= 11 is 0. The highest BCUT2D eigenvalue weighted by molar-refractivity contribution is 5.81. The maximum absolute atomic E-state index is 12.6. The van der Waals surface area contributed by atoms with Gasteiger partial charge in [-0.1, -0.05) is 0 Å². The second kappa shape index (κ2) is 5.35. The average molecular weight is 281 g/mol. The van der Waals surface area contributed by atoms with Gasteiger partial charge in [-0.25, -0.2) is 0 Å². The SMILES string of the molecule is CC1CC(C(=O)N2C[C@H](C(=O)O)[C@@H](C3CC3)C2)CCO1. The number of likely N-dealkylation sites (tertiary alicyclic amines) is 1. The summed E-state index contributed by atoms with van der Waals surface area (Å²) in [6.45, 7) is 3.68. The van der Waals surface area contributed by atoms with Gasteiger partial charge in [0.2, 0.25) is 5.91 Å². The van der Waals surface area contributed by atoms with E-state index in [1.807, 2.05) is 11.8 Å². The maximum Gasteiger partial charge on any atom is 0.308 e. The van der Waals surface area contributed by atoms with Gasteiger partial charge in [0, 0.05) is 25.6 Å². The Balaban J connectivity index is 1.65. The molecule has 4 atom stereocenters. The van der Waals surface area contributed by atoms with Crippen LogP contribution in [0.3, 0.4) is 0 Å². The van der Waals surface area contributed by atoms with Gasteiger partial charge in [0.15, 0.2) is 0 Å². The lowest BCUT2D eigenvalue weighted by Crippen LogP contribution is -2.39. The first kappa shape index (κ1) is 13.9. The van der Waals surface area contributed by atoms with Crippen molar-refractivity contribution in [3.8, 4) is 0 Å². The molecule has 112 valence electrons. The van der Waals surface area contributed by atoms with E-state index < -0.39 is 5.97 Å². The van der Waals surface area contributed by atoms with Crippen molar-refractivity contribution in [2.75, 3.05) is 19.7 Å². The first-order valence-corrected chi connectivity index (χ1v) is 7.69. The molecule has 2 heterocycles. The lowest BCUT2D eigenvalue weighted by Gasteiger charge is -2.29. The summed E-state index contributed by atoms with van der Waals surface area (Å²) in [4.78, 5) is 25.8. The molecular formula is C15H23NO4. The standard InChI is InChI=1S/C15H23NO4/c1-9-6-11(4-5-20-9)14(17)16-7-12(10-2-3-10)13(8-16)15(18)19/h9-13H,2-8H2,1H3,(H,18,19)/t9?,11?,12-,13+/m1/s1. The topological polar surface area (TPSA) is 66.8 Å². The lowest BCUT2D eigenvalue weighted by atomic mass is 9.92. The molecule has 0 aromatic rings. The monoisotopic (exact) mass is 281 g/mol. The third-order valence-corrected chi connectivity index (χ3v) is 5.06. The smallest absolute Gasteiger partial charge is 0.308 e. The molecule has 0 spiro atoms. The molecule has 2 unspecified atom stereocenters. The first-order chi connectivity index (χ1) is 9.56. The Kier molecular flexibility index (Phi) is 3.71. The van der Waals surface area contributed by atoms with Crippen LogP contribution in [0.15, 0.2) is 0 Å². The second-order valence-corrected chi connectivity index (χ2v) is 6.59. The summed E-state index contributed by atoms with van der Waals surface area (Å²) in [5.41, 5.74) is 0. The third kappa shape index (κ3) is 2.68. The Bertz CT molecular complexity index is 407. The van der Waals surface area contributed by atoms with Crippen LogP contribution in [0.25, 0.3) is 0 Å². The Morgan fingerprint density at radius 3 is 2.55 bits per heavy atom. The second-order valence-electron chi connectivity index (χ2n) is 6.59. The van der Waals surface area contributed by atoms with Crippen molar-refractivity contribution in [1.29, 1.82) is 0 Å². The summed E-state index contributed by atoms with van der Waals surface area (Å²) < 4.78 is 5.48. The van der Waals surface area contributed by atoms with Gasteiger partial charge in [-0.05, 0) is 44.4 Å². The first-order valence-electron chi connectivity index (χ1n) is 7.69. The number of carbonyl (C=O) groups is 2. The summed E-state index contributed by atoms with van der Waals surface area (Å²) in [6.07, 6.45) is 3.93. The van der Waals surface area contributed by atoms with Crippen LogP contribution in [0.5, 0.6) is 0 Å². The van der Waals surface area contributed by atoms with E-state index in [2.05, 4.69) is 0 Å². The Morgan fingerprint density at radius 2 is 1.95 bits per heavy atom. The third-order valence-electron chi connectivity index (χ3n) is 5.06. The van der Waals surface area contributed by atoms with E-state index in [1.54, 1.807) is 0 Å². The zero-order valence-corrected chi connectivity index (χ0v) is 12.0. The van der Waals surface area contributed by atoms with Crippen molar-refractivity contribution >= 4 is 11.9 Å². The number of ether oxygens (including phenoxy) is 1. The van der Waals surface area contributed by atoms with Crippen LogP contribution in [0.1, 0.15) is 32.6 Å². The summed E-state index contributed by atoms with van der Waals surface area (Å²) in [7, 11) is 0. The van der Waals surface area contributed by atoms with Crippen LogP contribution in [0.2, 0.25) is 0 Å². The largest absolute Gasteiger partial charge is 0.481 e. The predicted octanol–water partition coefficient (Wildman–Crippen LogP) is 1.37. The minimum atomic E-state index is -0.738. The molecule has 3 rings (SSSR count). The van der Waals surface area contributed by atoms with Crippen LogP contribution >= 0.6 is 0 Å². The van der Waals surface area contributed by atoms with E-state index in [-0.39, 0.29) is 29.8 Å². The number of carboxylic acid groups (broad SMARTS) is 1. The molecule has 1 saturated carbocycles. The predicted molar refractivity (Wildman–Crippen MR) is 72.1 cm³/mol. The highest BCUT2D eigenvalue weighted by Crippen LogP contribution is 2.44. The van der Waals surface area contributed by atoms with Crippen LogP contribution in [-0.2, 0) is 14.3 Å². The van der Waals surface area contributed by atoms with Crippen LogP contribution < -0.4 is 0 Å². The van der Waals surface area contributed by atoms with Crippen molar-refractivity contribution in [3.63, 3.8) is 0 Å². The van der Waals surface area contributed by atoms with E-state index in [1.165, 1.54) is 0 Å². The Morgan fingerprint density at radius 1 is 1.20 bits per heavy atom. The van der Waals surface area contributed by atoms with Crippen LogP contribution in [0.4, 0.5) is 0 Å². The van der Waals surface area contributed by atoms with Crippen molar-refractivity contribution in [3.05, 3.63) is 0 Å². The highest BCUT2D eigenvalue weighted by Gasteiger charge is 2.47. The molecule has 5 heteroatoms. The molecule has 2 aliphatic heterocycles. The molecule has 3 fully saturated rings. The van der Waals surface area contributed by atoms with E-state index in [0.29, 0.717) is 25.6 Å². The fraction of sp³-hybridized carbons (Fsp3) is 0.867. The van der Waals surface area contributed by atoms with Gasteiger partial charge in [-0.2, -0.15) is 0 Å². The fourth-order valence-electron chi connectivity index (χ4n) is 3.75. The molecular weight excluding hydrogens is 258 g/mol. The lowest BCUT2D eigenvalue weighted by molar-refractivity contribution is -0.143. The fourth-order valence-corrected chi connectivity index (χ4v) is 3.75. The van der Waals surface area contributed by atoms with Gasteiger partial charge in [-0.15, -0.1) is 0 Å². The molecule has 1 N–H and O–H groups in total.